The molecule has 0 atom stereocenters. The Labute approximate surface area is 165 Å². The first kappa shape index (κ1) is 18.5. The van der Waals surface area contributed by atoms with Crippen molar-refractivity contribution in [2.75, 3.05) is 55.7 Å². The van der Waals surface area contributed by atoms with Crippen molar-refractivity contribution in [1.29, 1.82) is 0 Å². The number of ether oxygens (including phenoxy) is 1. The van der Waals surface area contributed by atoms with E-state index < -0.39 is 0 Å². The molecule has 0 radical (unpaired) electrons. The van der Waals surface area contributed by atoms with Crippen LogP contribution in [0.15, 0.2) is 36.5 Å². The zero-order valence-corrected chi connectivity index (χ0v) is 16.4. The summed E-state index contributed by atoms with van der Waals surface area (Å²) in [5.41, 5.74) is 0.704. The molecule has 7 nitrogen and oxygen atoms in total. The van der Waals surface area contributed by atoms with Crippen molar-refractivity contribution in [2.45, 2.75) is 19.8 Å². The lowest BCUT2D eigenvalue weighted by atomic mass is 10.1. The molecule has 1 aromatic carbocycles. The van der Waals surface area contributed by atoms with E-state index in [1.165, 1.54) is 12.8 Å². The molecule has 3 heterocycles. The highest BCUT2D eigenvalue weighted by Gasteiger charge is 2.24. The number of aromatic nitrogens is 2. The van der Waals surface area contributed by atoms with Crippen LogP contribution in [0.5, 0.6) is 5.75 Å². The second-order valence-electron chi connectivity index (χ2n) is 7.15. The van der Waals surface area contributed by atoms with E-state index in [4.69, 9.17) is 9.72 Å². The third-order valence-electron chi connectivity index (χ3n) is 5.32. The number of piperazine rings is 1. The zero-order chi connectivity index (χ0) is 19.3. The van der Waals surface area contributed by atoms with Crippen molar-refractivity contribution >= 4 is 17.7 Å². The van der Waals surface area contributed by atoms with Gasteiger partial charge in [-0.3, -0.25) is 4.79 Å². The quantitative estimate of drug-likeness (QED) is 0.793. The van der Waals surface area contributed by atoms with Crippen LogP contribution in [-0.4, -0.2) is 66.7 Å². The minimum Gasteiger partial charge on any atom is -0.494 e. The number of amides is 1. The summed E-state index contributed by atoms with van der Waals surface area (Å²) in [6.45, 7) is 7.58. The second kappa shape index (κ2) is 8.46. The second-order valence-corrected chi connectivity index (χ2v) is 7.15. The van der Waals surface area contributed by atoms with Gasteiger partial charge >= 0.3 is 0 Å². The molecule has 0 unspecified atom stereocenters. The smallest absolute Gasteiger partial charge is 0.253 e. The van der Waals surface area contributed by atoms with Crippen LogP contribution in [0.1, 0.15) is 30.1 Å². The summed E-state index contributed by atoms with van der Waals surface area (Å²) in [5, 5.41) is 0. The number of benzene rings is 1. The van der Waals surface area contributed by atoms with Gasteiger partial charge in [0.05, 0.1) is 6.61 Å². The average Bonchev–Trinajstić information content (AvgIpc) is 3.29. The van der Waals surface area contributed by atoms with Crippen LogP contribution in [0.25, 0.3) is 0 Å². The molecule has 2 aliphatic heterocycles. The number of rotatable bonds is 5. The Balaban J connectivity index is 1.36. The highest BCUT2D eigenvalue weighted by atomic mass is 16.5. The minimum absolute atomic E-state index is 0.0724. The van der Waals surface area contributed by atoms with Gasteiger partial charge in [0.25, 0.3) is 5.91 Å². The predicted octanol–water partition coefficient (Wildman–Crippen LogP) is 2.44. The van der Waals surface area contributed by atoms with E-state index in [-0.39, 0.29) is 5.91 Å². The molecule has 0 saturated carbocycles. The Hall–Kier alpha value is -2.83. The third kappa shape index (κ3) is 4.03. The van der Waals surface area contributed by atoms with Crippen LogP contribution in [-0.2, 0) is 0 Å². The van der Waals surface area contributed by atoms with Crippen molar-refractivity contribution < 1.29 is 9.53 Å². The van der Waals surface area contributed by atoms with Crippen molar-refractivity contribution in [3.05, 3.63) is 42.1 Å². The van der Waals surface area contributed by atoms with Crippen molar-refractivity contribution in [3.63, 3.8) is 0 Å². The Morgan fingerprint density at radius 3 is 2.36 bits per heavy atom. The van der Waals surface area contributed by atoms with Gasteiger partial charge in [0, 0.05) is 51.0 Å². The number of carbonyl (C=O) groups excluding carboxylic acids is 1. The first-order valence-electron chi connectivity index (χ1n) is 10.1. The maximum atomic E-state index is 12.8. The number of nitrogens with zero attached hydrogens (tertiary/aromatic N) is 5. The van der Waals surface area contributed by atoms with Crippen LogP contribution in [0, 0.1) is 0 Å². The van der Waals surface area contributed by atoms with Crippen molar-refractivity contribution in [3.8, 4) is 5.75 Å². The van der Waals surface area contributed by atoms with Gasteiger partial charge in [0.2, 0.25) is 5.95 Å². The largest absolute Gasteiger partial charge is 0.494 e. The summed E-state index contributed by atoms with van der Waals surface area (Å²) in [4.78, 5) is 28.4. The molecule has 7 heteroatoms. The van der Waals surface area contributed by atoms with Crippen LogP contribution in [0.4, 0.5) is 11.8 Å². The average molecular weight is 381 g/mol. The summed E-state index contributed by atoms with van der Waals surface area (Å²) in [5.74, 6) is 2.64. The van der Waals surface area contributed by atoms with Crippen LogP contribution < -0.4 is 14.5 Å². The first-order valence-corrected chi connectivity index (χ1v) is 10.1. The van der Waals surface area contributed by atoms with Gasteiger partial charge in [-0.1, -0.05) is 0 Å². The van der Waals surface area contributed by atoms with Gasteiger partial charge in [0.15, 0.2) is 0 Å². The molecule has 1 amide bonds. The monoisotopic (exact) mass is 381 g/mol. The maximum absolute atomic E-state index is 12.8. The maximum Gasteiger partial charge on any atom is 0.253 e. The highest BCUT2D eigenvalue weighted by molar-refractivity contribution is 5.94. The first-order chi connectivity index (χ1) is 13.7. The van der Waals surface area contributed by atoms with Gasteiger partial charge in [-0.05, 0) is 50.1 Å². The molecule has 0 aliphatic carbocycles. The molecule has 28 heavy (non-hydrogen) atoms. The SMILES string of the molecule is CCOc1ccc(C(=O)N2CCN(c3ccnc(N4CCCC4)n3)CC2)cc1. The number of hydrogen-bond acceptors (Lipinski definition) is 6. The van der Waals surface area contributed by atoms with E-state index in [9.17, 15) is 4.79 Å². The fourth-order valence-electron chi connectivity index (χ4n) is 3.77. The van der Waals surface area contributed by atoms with Gasteiger partial charge in [0.1, 0.15) is 11.6 Å². The van der Waals surface area contributed by atoms with Crippen molar-refractivity contribution in [1.82, 2.24) is 14.9 Å². The molecule has 0 spiro atoms. The molecule has 2 aliphatic rings. The molecule has 148 valence electrons. The molecule has 2 fully saturated rings. The fourth-order valence-corrected chi connectivity index (χ4v) is 3.77. The predicted molar refractivity (Wildman–Crippen MR) is 109 cm³/mol. The normalized spacial score (nSPS) is 17.1. The van der Waals surface area contributed by atoms with E-state index in [0.29, 0.717) is 25.3 Å². The summed E-state index contributed by atoms with van der Waals surface area (Å²) >= 11 is 0. The molecule has 2 saturated heterocycles. The number of hydrogen-bond donors (Lipinski definition) is 0. The van der Waals surface area contributed by atoms with Crippen LogP contribution in [0.2, 0.25) is 0 Å². The topological polar surface area (TPSA) is 61.8 Å². The number of anilines is 2. The van der Waals surface area contributed by atoms with E-state index in [1.54, 1.807) is 0 Å². The van der Waals surface area contributed by atoms with Gasteiger partial charge in [-0.25, -0.2) is 4.98 Å². The summed E-state index contributed by atoms with van der Waals surface area (Å²) in [6.07, 6.45) is 4.26. The van der Waals surface area contributed by atoms with Gasteiger partial charge < -0.3 is 19.4 Å². The summed E-state index contributed by atoms with van der Waals surface area (Å²) < 4.78 is 5.45. The summed E-state index contributed by atoms with van der Waals surface area (Å²) in [7, 11) is 0. The van der Waals surface area contributed by atoms with E-state index in [1.807, 2.05) is 48.4 Å². The fraction of sp³-hybridized carbons (Fsp3) is 0.476. The Kier molecular flexibility index (Phi) is 5.60. The van der Waals surface area contributed by atoms with Crippen LogP contribution in [0.3, 0.4) is 0 Å². The highest BCUT2D eigenvalue weighted by Crippen LogP contribution is 2.21. The lowest BCUT2D eigenvalue weighted by molar-refractivity contribution is 0.0746. The minimum atomic E-state index is 0.0724. The molecular weight excluding hydrogens is 354 g/mol. The van der Waals surface area contributed by atoms with E-state index >= 15 is 0 Å². The number of carbonyl (C=O) groups is 1. The van der Waals surface area contributed by atoms with Crippen LogP contribution >= 0.6 is 0 Å². The molecule has 1 aromatic heterocycles. The van der Waals surface area contributed by atoms with E-state index in [0.717, 1.165) is 43.7 Å². The molecule has 4 rings (SSSR count). The molecule has 2 aromatic rings. The van der Waals surface area contributed by atoms with Crippen molar-refractivity contribution in [2.24, 2.45) is 0 Å². The van der Waals surface area contributed by atoms with Gasteiger partial charge in [-0.2, -0.15) is 4.98 Å². The lowest BCUT2D eigenvalue weighted by Gasteiger charge is -2.35. The molecule has 0 bridgehead atoms. The lowest BCUT2D eigenvalue weighted by Crippen LogP contribution is -2.49. The molecule has 0 N–H and O–H groups in total. The Bertz CT molecular complexity index is 797. The zero-order valence-electron chi connectivity index (χ0n) is 16.4. The van der Waals surface area contributed by atoms with Gasteiger partial charge in [-0.15, -0.1) is 0 Å². The summed E-state index contributed by atoms with van der Waals surface area (Å²) in [6, 6.07) is 9.35. The Morgan fingerprint density at radius 1 is 0.964 bits per heavy atom. The third-order valence-corrected chi connectivity index (χ3v) is 5.32. The standard InChI is InChI=1S/C21H27N5O2/c1-2-28-18-7-5-17(6-8-18)20(27)25-15-13-24(14-16-25)19-9-10-22-21(23-19)26-11-3-4-12-26/h5-10H,2-4,11-16H2,1H3. The van der Waals surface area contributed by atoms with E-state index in [2.05, 4.69) is 14.8 Å². The Morgan fingerprint density at radius 2 is 1.68 bits per heavy atom. The molecular formula is C21H27N5O2.